The fraction of sp³-hybridized carbons (Fsp3) is 0.652. The molecule has 0 aromatic heterocycles. The van der Waals surface area contributed by atoms with E-state index in [4.69, 9.17) is 4.74 Å². The second-order valence-corrected chi connectivity index (χ2v) is 8.66. The molecule has 2 aliphatic rings. The summed E-state index contributed by atoms with van der Waals surface area (Å²) in [6.07, 6.45) is 1.24. The molecule has 2 atom stereocenters. The number of carbonyl (C=O) groups excluding carboxylic acids is 1. The number of esters is 1. The number of hydrogen-bond acceptors (Lipinski definition) is 5. The molecule has 1 N–H and O–H groups in total. The van der Waals surface area contributed by atoms with E-state index in [-0.39, 0.29) is 41.8 Å². The number of guanidine groups is 1. The maximum atomic E-state index is 12.0. The highest BCUT2D eigenvalue weighted by Crippen LogP contribution is 2.24. The first kappa shape index (κ1) is 25.9. The van der Waals surface area contributed by atoms with Crippen LogP contribution in [0.4, 0.5) is 0 Å². The summed E-state index contributed by atoms with van der Waals surface area (Å²) in [5.74, 6) is 0.874. The molecule has 0 saturated carbocycles. The average molecular weight is 543 g/mol. The van der Waals surface area contributed by atoms with Gasteiger partial charge in [0, 0.05) is 46.3 Å². The van der Waals surface area contributed by atoms with Crippen molar-refractivity contribution in [3.8, 4) is 0 Å². The van der Waals surface area contributed by atoms with Crippen LogP contribution in [0.25, 0.3) is 0 Å². The predicted molar refractivity (Wildman–Crippen MR) is 136 cm³/mol. The monoisotopic (exact) mass is 543 g/mol. The molecular formula is C23H38IN5O2. The number of rotatable bonds is 5. The van der Waals surface area contributed by atoms with E-state index in [1.165, 1.54) is 37.7 Å². The van der Waals surface area contributed by atoms with Gasteiger partial charge in [-0.15, -0.1) is 24.0 Å². The summed E-state index contributed by atoms with van der Waals surface area (Å²) in [7, 11) is 5.46. The van der Waals surface area contributed by atoms with Gasteiger partial charge in [-0.2, -0.15) is 0 Å². The minimum Gasteiger partial charge on any atom is -0.469 e. The van der Waals surface area contributed by atoms with Crippen molar-refractivity contribution < 1.29 is 9.53 Å². The second kappa shape index (κ2) is 12.6. The first-order valence-corrected chi connectivity index (χ1v) is 11.0. The van der Waals surface area contributed by atoms with Gasteiger partial charge in [-0.1, -0.05) is 31.2 Å². The van der Waals surface area contributed by atoms with Gasteiger partial charge in [0.2, 0.25) is 0 Å². The molecule has 7 nitrogen and oxygen atoms in total. The van der Waals surface area contributed by atoms with Crippen molar-refractivity contribution in [2.75, 3.05) is 60.5 Å². The third-order valence-corrected chi connectivity index (χ3v) is 6.32. The zero-order valence-electron chi connectivity index (χ0n) is 19.3. The number of methoxy groups -OCH3 is 1. The van der Waals surface area contributed by atoms with Crippen molar-refractivity contribution in [1.82, 2.24) is 20.0 Å². The van der Waals surface area contributed by atoms with E-state index in [1.807, 2.05) is 0 Å². The molecular weight excluding hydrogens is 505 g/mol. The van der Waals surface area contributed by atoms with Crippen molar-refractivity contribution in [2.45, 2.75) is 26.4 Å². The van der Waals surface area contributed by atoms with Crippen molar-refractivity contribution in [1.29, 1.82) is 0 Å². The third-order valence-electron chi connectivity index (χ3n) is 6.32. The summed E-state index contributed by atoms with van der Waals surface area (Å²) < 4.78 is 4.94. The van der Waals surface area contributed by atoms with Gasteiger partial charge in [0.1, 0.15) is 0 Å². The first-order chi connectivity index (χ1) is 14.5. The van der Waals surface area contributed by atoms with Crippen LogP contribution in [0.2, 0.25) is 0 Å². The minimum absolute atomic E-state index is 0. The van der Waals surface area contributed by atoms with Crippen molar-refractivity contribution in [2.24, 2.45) is 16.8 Å². The first-order valence-electron chi connectivity index (χ1n) is 11.0. The molecule has 0 amide bonds. The van der Waals surface area contributed by atoms with E-state index in [0.717, 1.165) is 38.7 Å². The lowest BCUT2D eigenvalue weighted by atomic mass is 9.99. The number of ether oxygens (including phenoxy) is 1. The van der Waals surface area contributed by atoms with Gasteiger partial charge in [0.05, 0.1) is 13.0 Å². The van der Waals surface area contributed by atoms with E-state index >= 15 is 0 Å². The van der Waals surface area contributed by atoms with Crippen LogP contribution in [0.1, 0.15) is 24.5 Å². The summed E-state index contributed by atoms with van der Waals surface area (Å²) in [5.41, 5.74) is 2.59. The van der Waals surface area contributed by atoms with Crippen LogP contribution >= 0.6 is 24.0 Å². The fourth-order valence-electron chi connectivity index (χ4n) is 4.39. The summed E-state index contributed by atoms with van der Waals surface area (Å²) in [4.78, 5) is 23.5. The van der Waals surface area contributed by atoms with E-state index in [9.17, 15) is 4.79 Å². The Bertz CT molecular complexity index is 727. The summed E-state index contributed by atoms with van der Waals surface area (Å²) in [6.45, 7) is 9.93. The number of carbonyl (C=O) groups is 1. The third kappa shape index (κ3) is 7.32. The maximum Gasteiger partial charge on any atom is 0.310 e. The van der Waals surface area contributed by atoms with Gasteiger partial charge in [0.25, 0.3) is 0 Å². The normalized spacial score (nSPS) is 23.2. The number of likely N-dealkylation sites (tertiary alicyclic amines) is 1. The summed E-state index contributed by atoms with van der Waals surface area (Å²) in [6, 6.07) is 8.87. The molecule has 8 heteroatoms. The topological polar surface area (TPSA) is 60.4 Å². The average Bonchev–Trinajstić information content (AvgIpc) is 3.02. The van der Waals surface area contributed by atoms with E-state index in [2.05, 4.69) is 63.2 Å². The van der Waals surface area contributed by atoms with Gasteiger partial charge in [0.15, 0.2) is 5.96 Å². The largest absolute Gasteiger partial charge is 0.469 e. The van der Waals surface area contributed by atoms with E-state index < -0.39 is 0 Å². The number of halogens is 1. The van der Waals surface area contributed by atoms with Crippen LogP contribution in [0.5, 0.6) is 0 Å². The molecule has 2 unspecified atom stereocenters. The Morgan fingerprint density at radius 2 is 1.84 bits per heavy atom. The Morgan fingerprint density at radius 3 is 2.52 bits per heavy atom. The lowest BCUT2D eigenvalue weighted by molar-refractivity contribution is -0.145. The Kier molecular flexibility index (Phi) is 10.5. The molecule has 0 bridgehead atoms. The second-order valence-electron chi connectivity index (χ2n) is 8.66. The molecule has 2 heterocycles. The smallest absolute Gasteiger partial charge is 0.310 e. The number of aliphatic imine (C=N–C) groups is 1. The van der Waals surface area contributed by atoms with Crippen molar-refractivity contribution >= 4 is 35.9 Å². The van der Waals surface area contributed by atoms with Crippen LogP contribution < -0.4 is 5.32 Å². The van der Waals surface area contributed by atoms with Crippen LogP contribution in [-0.2, 0) is 22.6 Å². The zero-order chi connectivity index (χ0) is 21.5. The molecule has 2 fully saturated rings. The SMILES string of the molecule is CN=C(NCc1ccc(CN2CCCN(C)CC2)cc1)N1CC(C)C(C(=O)OC)C1.I. The molecule has 1 aromatic carbocycles. The highest BCUT2D eigenvalue weighted by atomic mass is 127. The molecule has 3 rings (SSSR count). The Hall–Kier alpha value is -1.39. The lowest BCUT2D eigenvalue weighted by Crippen LogP contribution is -2.40. The molecule has 0 radical (unpaired) electrons. The van der Waals surface area contributed by atoms with Crippen LogP contribution in [0, 0.1) is 11.8 Å². The van der Waals surface area contributed by atoms with Gasteiger partial charge >= 0.3 is 5.97 Å². The maximum absolute atomic E-state index is 12.0. The Morgan fingerprint density at radius 1 is 1.13 bits per heavy atom. The highest BCUT2D eigenvalue weighted by Gasteiger charge is 2.36. The van der Waals surface area contributed by atoms with Crippen LogP contribution in [0.3, 0.4) is 0 Å². The minimum atomic E-state index is -0.132. The number of hydrogen-bond donors (Lipinski definition) is 1. The molecule has 174 valence electrons. The number of nitrogens with zero attached hydrogens (tertiary/aromatic N) is 4. The molecule has 0 aliphatic carbocycles. The molecule has 31 heavy (non-hydrogen) atoms. The quantitative estimate of drug-likeness (QED) is 0.266. The number of nitrogens with one attached hydrogen (secondary N) is 1. The van der Waals surface area contributed by atoms with Gasteiger partial charge in [-0.25, -0.2) is 0 Å². The van der Waals surface area contributed by atoms with E-state index in [1.54, 1.807) is 7.05 Å². The van der Waals surface area contributed by atoms with Crippen LogP contribution in [0.15, 0.2) is 29.3 Å². The standard InChI is InChI=1S/C23H37N5O2.HI/c1-18-15-28(17-21(18)22(29)30-4)23(24-2)25-14-19-6-8-20(9-7-19)16-27-11-5-10-26(3)12-13-27;/h6-9,18,21H,5,10-17H2,1-4H3,(H,24,25);1H. The Balaban J connectivity index is 0.00000341. The van der Waals surface area contributed by atoms with Gasteiger partial charge in [-0.3, -0.25) is 14.7 Å². The fourth-order valence-corrected chi connectivity index (χ4v) is 4.39. The van der Waals surface area contributed by atoms with Crippen molar-refractivity contribution in [3.63, 3.8) is 0 Å². The zero-order valence-corrected chi connectivity index (χ0v) is 21.7. The van der Waals surface area contributed by atoms with Gasteiger partial charge < -0.3 is 19.9 Å². The predicted octanol–water partition coefficient (Wildman–Crippen LogP) is 2.26. The Labute approximate surface area is 204 Å². The van der Waals surface area contributed by atoms with Crippen LogP contribution in [-0.4, -0.2) is 87.1 Å². The van der Waals surface area contributed by atoms with Crippen molar-refractivity contribution in [3.05, 3.63) is 35.4 Å². The van der Waals surface area contributed by atoms with E-state index in [0.29, 0.717) is 6.54 Å². The highest BCUT2D eigenvalue weighted by molar-refractivity contribution is 14.0. The number of likely N-dealkylation sites (N-methyl/N-ethyl adjacent to an activating group) is 1. The molecule has 0 spiro atoms. The summed E-state index contributed by atoms with van der Waals surface area (Å²) >= 11 is 0. The lowest BCUT2D eigenvalue weighted by Gasteiger charge is -2.22. The van der Waals surface area contributed by atoms with Gasteiger partial charge in [-0.05, 0) is 43.6 Å². The summed E-state index contributed by atoms with van der Waals surface area (Å²) in [5, 5.41) is 3.45. The molecule has 1 aromatic rings. The molecule has 2 saturated heterocycles. The molecule has 2 aliphatic heterocycles. The number of benzene rings is 1.